The van der Waals surface area contributed by atoms with Gasteiger partial charge >= 0.3 is 11.9 Å². The first-order valence-corrected chi connectivity index (χ1v) is 22.2. The van der Waals surface area contributed by atoms with E-state index in [0.29, 0.717) is 40.2 Å². The number of carboxylic acid groups (broad SMARTS) is 2. The van der Waals surface area contributed by atoms with Crippen LogP contribution >= 0.6 is 0 Å². The number of carbonyl (C=O) groups is 2. The van der Waals surface area contributed by atoms with Crippen LogP contribution in [0.15, 0.2) is 156 Å². The molecule has 0 amide bonds. The Morgan fingerprint density at radius 2 is 0.969 bits per heavy atom. The van der Waals surface area contributed by atoms with Crippen molar-refractivity contribution in [3.8, 4) is 34.5 Å². The number of aromatic carboxylic acids is 2. The van der Waals surface area contributed by atoms with Crippen molar-refractivity contribution in [2.75, 3.05) is 50.1 Å². The molecule has 18 heteroatoms. The molecule has 0 saturated heterocycles. The predicted molar refractivity (Wildman–Crippen MR) is 240 cm³/mol. The van der Waals surface area contributed by atoms with Gasteiger partial charge in [0, 0.05) is 6.07 Å². The van der Waals surface area contributed by atoms with Crippen LogP contribution in [0.2, 0.25) is 0 Å². The topological polar surface area (TPSA) is 222 Å². The molecule has 334 valence electrons. The summed E-state index contributed by atoms with van der Waals surface area (Å²) in [7, 11) is -4.76. The van der Waals surface area contributed by atoms with E-state index < -0.39 is 32.0 Å². The van der Waals surface area contributed by atoms with Gasteiger partial charge in [-0.1, -0.05) is 54.6 Å². The number of carboxylic acids is 2. The molecule has 4 N–H and O–H groups in total. The van der Waals surface area contributed by atoms with Crippen LogP contribution in [0, 0.1) is 0 Å². The summed E-state index contributed by atoms with van der Waals surface area (Å²) in [4.78, 5) is 21.8. The summed E-state index contributed by atoms with van der Waals surface area (Å²) in [6, 6.07) is 38.7. The molecule has 64 heavy (non-hydrogen) atoms. The second-order valence-corrected chi connectivity index (χ2v) is 16.3. The second kappa shape index (κ2) is 22.9. The standard InChI is InChI=1S/C23H23NO8S.C23H21NO6S/c1-29-21-12-11-18(15-22(21)30-2)33(27,28)24-19-5-3-4-6-20(19)32-14-13-31-17-9-7-16(8-10-17)23(25)26;25-23(26)19-10-12-20(13-11-19)29-15-16-30-22-9-5-4-8-21(22)24-31(27,28)17-14-18-6-2-1-3-7-18/h3-12,15,24H,13-14H2,1-2H3,(H,25,26);1-14,17,24H,15-16H2,(H,25,26)/b;17-14+. The van der Waals surface area contributed by atoms with Crippen LogP contribution in [0.25, 0.3) is 6.08 Å². The normalized spacial score (nSPS) is 11.0. The van der Waals surface area contributed by atoms with Gasteiger partial charge < -0.3 is 38.6 Å². The number of methoxy groups -OCH3 is 2. The molecule has 0 heterocycles. The van der Waals surface area contributed by atoms with Gasteiger partial charge in [0.25, 0.3) is 20.0 Å². The van der Waals surface area contributed by atoms with Crippen LogP contribution < -0.4 is 37.9 Å². The molecule has 0 aromatic heterocycles. The molecule has 0 bridgehead atoms. The number of sulfonamides is 2. The first-order chi connectivity index (χ1) is 30.8. The number of hydrogen-bond donors (Lipinski definition) is 4. The fourth-order valence-electron chi connectivity index (χ4n) is 5.47. The Morgan fingerprint density at radius 3 is 1.45 bits per heavy atom. The van der Waals surface area contributed by atoms with Crippen LogP contribution in [0.5, 0.6) is 34.5 Å². The monoisotopic (exact) mass is 912 g/mol. The first-order valence-electron chi connectivity index (χ1n) is 19.1. The molecule has 6 aromatic carbocycles. The van der Waals surface area contributed by atoms with Crippen LogP contribution in [0.1, 0.15) is 26.3 Å². The second-order valence-electron chi connectivity index (χ2n) is 13.0. The van der Waals surface area contributed by atoms with Crippen molar-refractivity contribution in [3.05, 3.63) is 168 Å². The highest BCUT2D eigenvalue weighted by Crippen LogP contribution is 2.32. The molecule has 6 rings (SSSR count). The Hall–Kier alpha value is -7.70. The van der Waals surface area contributed by atoms with Gasteiger partial charge in [-0.3, -0.25) is 9.44 Å². The van der Waals surface area contributed by atoms with Gasteiger partial charge in [0.15, 0.2) is 11.5 Å². The van der Waals surface area contributed by atoms with Gasteiger partial charge in [-0.05, 0) is 96.6 Å². The predicted octanol–water partition coefficient (Wildman–Crippen LogP) is 7.92. The lowest BCUT2D eigenvalue weighted by atomic mass is 10.2. The highest BCUT2D eigenvalue weighted by molar-refractivity contribution is 7.95. The highest BCUT2D eigenvalue weighted by Gasteiger charge is 2.19. The van der Waals surface area contributed by atoms with E-state index in [1.807, 2.05) is 18.2 Å². The summed E-state index contributed by atoms with van der Waals surface area (Å²) in [5.41, 5.74) is 1.68. The molecule has 16 nitrogen and oxygen atoms in total. The average Bonchev–Trinajstić information content (AvgIpc) is 3.30. The Labute approximate surface area is 370 Å². The molecular formula is C46H44N2O14S2. The van der Waals surface area contributed by atoms with Gasteiger partial charge in [0.05, 0.1) is 47.0 Å². The summed E-state index contributed by atoms with van der Waals surface area (Å²) < 4.78 is 88.3. The minimum Gasteiger partial charge on any atom is -0.493 e. The number of para-hydroxylation sites is 4. The summed E-state index contributed by atoms with van der Waals surface area (Å²) in [5.74, 6) is 0.371. The molecular weight excluding hydrogens is 869 g/mol. The lowest BCUT2D eigenvalue weighted by molar-refractivity contribution is 0.0686. The Morgan fingerprint density at radius 1 is 0.516 bits per heavy atom. The van der Waals surface area contributed by atoms with Gasteiger partial charge in [-0.15, -0.1) is 0 Å². The number of rotatable bonds is 21. The van der Waals surface area contributed by atoms with Crippen molar-refractivity contribution in [2.45, 2.75) is 4.90 Å². The number of ether oxygens (including phenoxy) is 6. The summed E-state index contributed by atoms with van der Waals surface area (Å²) >= 11 is 0. The zero-order valence-corrected chi connectivity index (χ0v) is 36.1. The van der Waals surface area contributed by atoms with Crippen LogP contribution in [0.3, 0.4) is 0 Å². The SMILES string of the molecule is COc1ccc(S(=O)(=O)Nc2ccccc2OCCOc2ccc(C(=O)O)cc2)cc1OC.O=C(O)c1ccc(OCCOc2ccccc2NS(=O)(=O)/C=C/c2ccccc2)cc1. The minimum atomic E-state index is -3.92. The van der Waals surface area contributed by atoms with Crippen molar-refractivity contribution >= 4 is 49.4 Å². The lowest BCUT2D eigenvalue weighted by Crippen LogP contribution is -2.15. The molecule has 0 unspecified atom stereocenters. The summed E-state index contributed by atoms with van der Waals surface area (Å²) in [6.07, 6.45) is 1.51. The average molecular weight is 913 g/mol. The molecule has 0 saturated carbocycles. The Kier molecular flexibility index (Phi) is 17.0. The third kappa shape index (κ3) is 14.5. The number of anilines is 2. The molecule has 0 aliphatic rings. The zero-order chi connectivity index (χ0) is 46.0. The molecule has 0 spiro atoms. The molecule has 6 aromatic rings. The largest absolute Gasteiger partial charge is 0.493 e. The van der Waals surface area contributed by atoms with E-state index >= 15 is 0 Å². The minimum absolute atomic E-state index is 0.00286. The molecule has 0 aliphatic heterocycles. The van der Waals surface area contributed by atoms with E-state index in [9.17, 15) is 26.4 Å². The lowest BCUT2D eigenvalue weighted by Gasteiger charge is -2.15. The molecule has 0 radical (unpaired) electrons. The molecule has 0 fully saturated rings. The summed E-state index contributed by atoms with van der Waals surface area (Å²) in [6.45, 7) is 0.666. The van der Waals surface area contributed by atoms with E-state index in [4.69, 9.17) is 38.6 Å². The maximum absolute atomic E-state index is 12.9. The van der Waals surface area contributed by atoms with Crippen molar-refractivity contribution in [1.29, 1.82) is 0 Å². The maximum atomic E-state index is 12.9. The third-order valence-electron chi connectivity index (χ3n) is 8.60. The fourth-order valence-corrected chi connectivity index (χ4v) is 7.44. The molecule has 0 atom stereocenters. The van der Waals surface area contributed by atoms with Gasteiger partial charge in [-0.25, -0.2) is 26.4 Å². The van der Waals surface area contributed by atoms with E-state index in [1.165, 1.54) is 62.8 Å². The van der Waals surface area contributed by atoms with Gasteiger partial charge in [0.1, 0.15) is 49.4 Å². The fraction of sp³-hybridized carbons (Fsp3) is 0.130. The quantitative estimate of drug-likeness (QED) is 0.0504. The van der Waals surface area contributed by atoms with Crippen molar-refractivity contribution in [2.24, 2.45) is 0 Å². The Balaban J connectivity index is 0.000000241. The van der Waals surface area contributed by atoms with Gasteiger partial charge in [0.2, 0.25) is 0 Å². The zero-order valence-electron chi connectivity index (χ0n) is 34.4. The van der Waals surface area contributed by atoms with Crippen LogP contribution in [-0.4, -0.2) is 79.6 Å². The molecule has 0 aliphatic carbocycles. The van der Waals surface area contributed by atoms with Gasteiger partial charge in [-0.2, -0.15) is 0 Å². The van der Waals surface area contributed by atoms with Crippen LogP contribution in [0.4, 0.5) is 11.4 Å². The van der Waals surface area contributed by atoms with E-state index in [-0.39, 0.29) is 48.1 Å². The smallest absolute Gasteiger partial charge is 0.335 e. The van der Waals surface area contributed by atoms with E-state index in [2.05, 4.69) is 9.44 Å². The van der Waals surface area contributed by atoms with Crippen molar-refractivity contribution in [3.63, 3.8) is 0 Å². The van der Waals surface area contributed by atoms with E-state index in [1.54, 1.807) is 84.9 Å². The van der Waals surface area contributed by atoms with Crippen molar-refractivity contribution < 1.29 is 65.1 Å². The summed E-state index contributed by atoms with van der Waals surface area (Å²) in [5, 5.41) is 18.9. The first kappa shape index (κ1) is 47.4. The Bertz CT molecular complexity index is 2730. The third-order valence-corrected chi connectivity index (χ3v) is 11.0. The highest BCUT2D eigenvalue weighted by atomic mass is 32.2. The maximum Gasteiger partial charge on any atom is 0.335 e. The number of nitrogens with one attached hydrogen (secondary N) is 2. The van der Waals surface area contributed by atoms with E-state index in [0.717, 1.165) is 11.0 Å². The number of benzene rings is 6. The number of hydrogen-bond acceptors (Lipinski definition) is 12. The van der Waals surface area contributed by atoms with Crippen molar-refractivity contribution in [1.82, 2.24) is 0 Å². The van der Waals surface area contributed by atoms with Crippen LogP contribution in [-0.2, 0) is 20.0 Å².